The van der Waals surface area contributed by atoms with Crippen molar-refractivity contribution in [2.24, 2.45) is 0 Å². The second kappa shape index (κ2) is 10.3. The number of fused-ring (bicyclic) bond motifs is 1. The molecule has 1 amide bonds. The van der Waals surface area contributed by atoms with Crippen LogP contribution in [-0.2, 0) is 26.1 Å². The largest absolute Gasteiger partial charge is 0.496 e. The molecule has 0 saturated heterocycles. The van der Waals surface area contributed by atoms with E-state index in [4.69, 9.17) is 9.47 Å². The predicted molar refractivity (Wildman–Crippen MR) is 125 cm³/mol. The van der Waals surface area contributed by atoms with E-state index < -0.39 is 0 Å². The van der Waals surface area contributed by atoms with E-state index in [1.54, 1.807) is 17.9 Å². The molecule has 3 heterocycles. The van der Waals surface area contributed by atoms with Crippen LogP contribution in [0.1, 0.15) is 27.3 Å². The Balaban J connectivity index is 1.58. The van der Waals surface area contributed by atoms with Crippen molar-refractivity contribution >= 4 is 5.91 Å². The van der Waals surface area contributed by atoms with E-state index >= 15 is 0 Å². The minimum Gasteiger partial charge on any atom is -0.496 e. The molecule has 0 unspecified atom stereocenters. The molecule has 0 saturated carbocycles. The van der Waals surface area contributed by atoms with Gasteiger partial charge in [0, 0.05) is 62.7 Å². The molecular weight excluding hydrogens is 420 g/mol. The number of carbonyl (C=O) groups excluding carboxylic acids is 1. The number of pyridine rings is 2. The zero-order valence-corrected chi connectivity index (χ0v) is 18.9. The van der Waals surface area contributed by atoms with Gasteiger partial charge in [-0.15, -0.1) is 0 Å². The number of hydrogen-bond acceptors (Lipinski definition) is 6. The molecule has 33 heavy (non-hydrogen) atoms. The van der Waals surface area contributed by atoms with Crippen LogP contribution in [0.4, 0.5) is 0 Å². The van der Waals surface area contributed by atoms with E-state index in [2.05, 4.69) is 15.2 Å². The van der Waals surface area contributed by atoms with Gasteiger partial charge in [0.1, 0.15) is 17.1 Å². The smallest absolute Gasteiger partial charge is 0.257 e. The minimum absolute atomic E-state index is 0.164. The van der Waals surface area contributed by atoms with Crippen LogP contribution >= 0.6 is 0 Å². The number of aromatic nitrogens is 2. The van der Waals surface area contributed by atoms with Crippen LogP contribution in [0, 0.1) is 0 Å². The Hall–Kier alpha value is -3.65. The van der Waals surface area contributed by atoms with Crippen LogP contribution in [0.3, 0.4) is 0 Å². The maximum absolute atomic E-state index is 13.3. The summed E-state index contributed by atoms with van der Waals surface area (Å²) in [5, 5.41) is 2.97. The van der Waals surface area contributed by atoms with E-state index in [1.807, 2.05) is 42.5 Å². The quantitative estimate of drug-likeness (QED) is 0.597. The Bertz CT molecular complexity index is 1180. The summed E-state index contributed by atoms with van der Waals surface area (Å²) < 4.78 is 12.5. The number of rotatable bonds is 7. The van der Waals surface area contributed by atoms with Crippen molar-refractivity contribution < 1.29 is 14.3 Å². The first-order valence-corrected chi connectivity index (χ1v) is 10.9. The van der Waals surface area contributed by atoms with Gasteiger partial charge in [-0.1, -0.05) is 24.3 Å². The fraction of sp³-hybridized carbons (Fsp3) is 0.320. The number of benzene rings is 1. The first-order valence-electron chi connectivity index (χ1n) is 10.9. The summed E-state index contributed by atoms with van der Waals surface area (Å²) in [6.45, 7) is 2.89. The molecule has 4 rings (SSSR count). The van der Waals surface area contributed by atoms with Gasteiger partial charge in [0.05, 0.1) is 19.9 Å². The van der Waals surface area contributed by atoms with Crippen molar-refractivity contribution in [2.75, 3.05) is 27.3 Å². The summed E-state index contributed by atoms with van der Waals surface area (Å²) >= 11 is 0. The monoisotopic (exact) mass is 448 g/mol. The van der Waals surface area contributed by atoms with Crippen molar-refractivity contribution in [3.8, 4) is 11.5 Å². The molecule has 0 atom stereocenters. The van der Waals surface area contributed by atoms with Gasteiger partial charge in [0.25, 0.3) is 11.5 Å². The lowest BCUT2D eigenvalue weighted by atomic mass is 10.1. The van der Waals surface area contributed by atoms with E-state index in [-0.39, 0.29) is 11.5 Å². The van der Waals surface area contributed by atoms with Gasteiger partial charge in [0.15, 0.2) is 0 Å². The number of amides is 1. The summed E-state index contributed by atoms with van der Waals surface area (Å²) in [7, 11) is 3.08. The molecule has 0 fully saturated rings. The lowest BCUT2D eigenvalue weighted by Gasteiger charge is -2.18. The maximum atomic E-state index is 13.3. The van der Waals surface area contributed by atoms with Gasteiger partial charge in [0.2, 0.25) is 0 Å². The molecule has 1 aliphatic rings. The molecule has 0 aliphatic carbocycles. The Morgan fingerprint density at radius 2 is 1.82 bits per heavy atom. The molecule has 1 aromatic carbocycles. The molecule has 8 nitrogen and oxygen atoms in total. The summed E-state index contributed by atoms with van der Waals surface area (Å²) in [6.07, 6.45) is 2.33. The van der Waals surface area contributed by atoms with Crippen molar-refractivity contribution in [3.05, 3.63) is 87.6 Å². The number of para-hydroxylation sites is 1. The number of hydrogen-bond donors (Lipinski definition) is 1. The van der Waals surface area contributed by atoms with E-state index in [0.717, 1.165) is 11.3 Å². The van der Waals surface area contributed by atoms with Crippen LogP contribution in [0.25, 0.3) is 0 Å². The number of carbonyl (C=O) groups is 1. The highest BCUT2D eigenvalue weighted by molar-refractivity contribution is 5.98. The molecular formula is C25H28N4O4. The number of nitrogens with one attached hydrogen (secondary N) is 1. The summed E-state index contributed by atoms with van der Waals surface area (Å²) in [5.74, 6) is 0.722. The van der Waals surface area contributed by atoms with Gasteiger partial charge in [-0.2, -0.15) is 0 Å². The standard InChI is InChI=1S/C25H28N4O4/c1-32-21-9-4-3-7-18(21)16-27-25(31)24-20-10-12-28(17-19-8-5-6-11-26-19)13-14-29(20)23(30)15-22(24)33-2/h3-9,11,15H,10,12-14,16-17H2,1-2H3,(H,27,31). The number of nitrogens with zero attached hydrogens (tertiary/aromatic N) is 3. The van der Waals surface area contributed by atoms with Gasteiger partial charge in [-0.05, 0) is 18.2 Å². The lowest BCUT2D eigenvalue weighted by Crippen LogP contribution is -2.31. The Morgan fingerprint density at radius 1 is 1.03 bits per heavy atom. The third-order valence-electron chi connectivity index (χ3n) is 5.88. The van der Waals surface area contributed by atoms with Crippen molar-refractivity contribution in [3.63, 3.8) is 0 Å². The van der Waals surface area contributed by atoms with Crippen LogP contribution in [0.2, 0.25) is 0 Å². The fourth-order valence-electron chi connectivity index (χ4n) is 4.19. The summed E-state index contributed by atoms with van der Waals surface area (Å²) in [5.41, 5.74) is 2.78. The molecule has 0 spiro atoms. The second-order valence-electron chi connectivity index (χ2n) is 7.87. The lowest BCUT2D eigenvalue weighted by molar-refractivity contribution is 0.0945. The highest BCUT2D eigenvalue weighted by atomic mass is 16.5. The Kier molecular flexibility index (Phi) is 7.04. The van der Waals surface area contributed by atoms with E-state index in [0.29, 0.717) is 61.9 Å². The highest BCUT2D eigenvalue weighted by Crippen LogP contribution is 2.24. The first kappa shape index (κ1) is 22.5. The molecule has 3 aromatic rings. The minimum atomic E-state index is -0.278. The molecule has 1 N–H and O–H groups in total. The summed E-state index contributed by atoms with van der Waals surface area (Å²) in [6, 6.07) is 14.8. The molecule has 2 aromatic heterocycles. The van der Waals surface area contributed by atoms with Crippen LogP contribution in [-0.4, -0.2) is 47.7 Å². The SMILES string of the molecule is COc1ccccc1CNC(=O)c1c(OC)cc(=O)n2c1CCN(Cc1ccccn1)CC2. The average molecular weight is 449 g/mol. The van der Waals surface area contributed by atoms with Crippen molar-refractivity contribution in [1.82, 2.24) is 19.8 Å². The van der Waals surface area contributed by atoms with Gasteiger partial charge >= 0.3 is 0 Å². The third kappa shape index (κ3) is 5.06. The van der Waals surface area contributed by atoms with Gasteiger partial charge in [-0.25, -0.2) is 0 Å². The number of methoxy groups -OCH3 is 2. The predicted octanol–water partition coefficient (Wildman–Crippen LogP) is 2.25. The average Bonchev–Trinajstić information content (AvgIpc) is 3.06. The first-order chi connectivity index (χ1) is 16.1. The maximum Gasteiger partial charge on any atom is 0.257 e. The van der Waals surface area contributed by atoms with Crippen molar-refractivity contribution in [2.45, 2.75) is 26.1 Å². The van der Waals surface area contributed by atoms with Crippen LogP contribution in [0.15, 0.2) is 59.5 Å². The summed E-state index contributed by atoms with van der Waals surface area (Å²) in [4.78, 5) is 32.8. The topological polar surface area (TPSA) is 85.7 Å². The van der Waals surface area contributed by atoms with Crippen LogP contribution in [0.5, 0.6) is 11.5 Å². The zero-order valence-electron chi connectivity index (χ0n) is 18.9. The molecule has 0 radical (unpaired) electrons. The molecule has 1 aliphatic heterocycles. The normalized spacial score (nSPS) is 13.6. The van der Waals surface area contributed by atoms with E-state index in [1.165, 1.54) is 13.2 Å². The molecule has 172 valence electrons. The Morgan fingerprint density at radius 3 is 2.58 bits per heavy atom. The second-order valence-corrected chi connectivity index (χ2v) is 7.87. The Labute approximate surface area is 192 Å². The fourth-order valence-corrected chi connectivity index (χ4v) is 4.19. The van der Waals surface area contributed by atoms with Crippen LogP contribution < -0.4 is 20.3 Å². The van der Waals surface area contributed by atoms with Gasteiger partial charge < -0.3 is 19.4 Å². The highest BCUT2D eigenvalue weighted by Gasteiger charge is 2.25. The van der Waals surface area contributed by atoms with E-state index in [9.17, 15) is 9.59 Å². The number of ether oxygens (including phenoxy) is 2. The van der Waals surface area contributed by atoms with Crippen molar-refractivity contribution in [1.29, 1.82) is 0 Å². The molecule has 0 bridgehead atoms. The molecule has 8 heteroatoms. The van der Waals surface area contributed by atoms with Gasteiger partial charge in [-0.3, -0.25) is 19.5 Å². The third-order valence-corrected chi connectivity index (χ3v) is 5.88. The zero-order chi connectivity index (χ0) is 23.2.